The average molecular weight is 244 g/mol. The molecule has 2 aromatic rings. The Labute approximate surface area is 103 Å². The van der Waals surface area contributed by atoms with Crippen LogP contribution in [0.15, 0.2) is 53.3 Å². The summed E-state index contributed by atoms with van der Waals surface area (Å²) in [5.74, 6) is -0.708. The van der Waals surface area contributed by atoms with Crippen LogP contribution in [0.5, 0.6) is 0 Å². The molecule has 1 heterocycles. The number of aromatic nitrogens is 1. The van der Waals surface area contributed by atoms with Crippen LogP contribution in [0.25, 0.3) is 0 Å². The predicted molar refractivity (Wildman–Crippen MR) is 65.9 cm³/mol. The van der Waals surface area contributed by atoms with Crippen molar-refractivity contribution in [2.24, 2.45) is 5.73 Å². The van der Waals surface area contributed by atoms with E-state index in [4.69, 9.17) is 10.6 Å². The van der Waals surface area contributed by atoms with Crippen LogP contribution in [0.1, 0.15) is 16.1 Å². The van der Waals surface area contributed by atoms with Crippen molar-refractivity contribution >= 4 is 5.91 Å². The molecule has 5 heteroatoms. The number of hydrogen-bond acceptors (Lipinski definition) is 3. The van der Waals surface area contributed by atoms with Gasteiger partial charge in [-0.15, -0.1) is 4.73 Å². The third kappa shape index (κ3) is 2.57. The van der Waals surface area contributed by atoms with E-state index in [1.54, 1.807) is 0 Å². The molecule has 0 atom stereocenters. The first kappa shape index (κ1) is 11.9. The van der Waals surface area contributed by atoms with Crippen LogP contribution < -0.4 is 16.1 Å². The fourth-order valence-electron chi connectivity index (χ4n) is 1.50. The lowest BCUT2D eigenvalue weighted by molar-refractivity contribution is 0.0735. The highest BCUT2D eigenvalue weighted by Gasteiger charge is 2.09. The Bertz CT molecular complexity index is 605. The Morgan fingerprint density at radius 3 is 2.50 bits per heavy atom. The summed E-state index contributed by atoms with van der Waals surface area (Å²) >= 11 is 0. The van der Waals surface area contributed by atoms with Crippen molar-refractivity contribution in [1.29, 1.82) is 0 Å². The summed E-state index contributed by atoms with van der Waals surface area (Å²) in [5, 5.41) is 0. The lowest BCUT2D eigenvalue weighted by atomic mass is 10.2. The first-order valence-corrected chi connectivity index (χ1v) is 5.37. The SMILES string of the molecule is NC(=O)c1cccc(=O)n1OCc1ccccc1. The molecule has 5 nitrogen and oxygen atoms in total. The molecule has 0 aliphatic carbocycles. The molecule has 0 fully saturated rings. The number of carbonyl (C=O) groups excluding carboxylic acids is 1. The van der Waals surface area contributed by atoms with E-state index in [0.29, 0.717) is 0 Å². The number of amides is 1. The van der Waals surface area contributed by atoms with Crippen molar-refractivity contribution in [1.82, 2.24) is 4.73 Å². The van der Waals surface area contributed by atoms with Gasteiger partial charge in [-0.3, -0.25) is 9.59 Å². The van der Waals surface area contributed by atoms with Crippen molar-refractivity contribution < 1.29 is 9.63 Å². The topological polar surface area (TPSA) is 74.3 Å². The van der Waals surface area contributed by atoms with Gasteiger partial charge in [-0.25, -0.2) is 0 Å². The Morgan fingerprint density at radius 2 is 1.83 bits per heavy atom. The van der Waals surface area contributed by atoms with Gasteiger partial charge >= 0.3 is 0 Å². The summed E-state index contributed by atoms with van der Waals surface area (Å²) in [6.45, 7) is 0.186. The van der Waals surface area contributed by atoms with E-state index < -0.39 is 11.5 Å². The fourth-order valence-corrected chi connectivity index (χ4v) is 1.50. The van der Waals surface area contributed by atoms with E-state index in [9.17, 15) is 9.59 Å². The molecule has 0 aliphatic rings. The van der Waals surface area contributed by atoms with Gasteiger partial charge in [-0.05, 0) is 11.6 Å². The number of hydrogen-bond donors (Lipinski definition) is 1. The van der Waals surface area contributed by atoms with Crippen LogP contribution in [0, 0.1) is 0 Å². The van der Waals surface area contributed by atoms with Crippen LogP contribution in [0.3, 0.4) is 0 Å². The van der Waals surface area contributed by atoms with Crippen LogP contribution in [0.2, 0.25) is 0 Å². The molecule has 1 aromatic heterocycles. The zero-order valence-electron chi connectivity index (χ0n) is 9.58. The third-order valence-corrected chi connectivity index (χ3v) is 2.37. The summed E-state index contributed by atoms with van der Waals surface area (Å²) in [6.07, 6.45) is 0. The highest BCUT2D eigenvalue weighted by molar-refractivity contribution is 5.90. The number of carbonyl (C=O) groups is 1. The molecule has 0 bridgehead atoms. The normalized spacial score (nSPS) is 10.0. The lowest BCUT2D eigenvalue weighted by Crippen LogP contribution is -2.32. The summed E-state index contributed by atoms with van der Waals surface area (Å²) in [4.78, 5) is 28.1. The fraction of sp³-hybridized carbons (Fsp3) is 0.0769. The molecule has 92 valence electrons. The molecule has 18 heavy (non-hydrogen) atoms. The van der Waals surface area contributed by atoms with Crippen LogP contribution in [-0.2, 0) is 6.61 Å². The number of nitrogens with two attached hydrogens (primary N) is 1. The second-order valence-electron chi connectivity index (χ2n) is 3.67. The maximum Gasteiger partial charge on any atom is 0.283 e. The number of nitrogens with zero attached hydrogens (tertiary/aromatic N) is 1. The first-order chi connectivity index (χ1) is 8.68. The van der Waals surface area contributed by atoms with E-state index in [1.165, 1.54) is 18.2 Å². The van der Waals surface area contributed by atoms with Gasteiger partial charge in [0, 0.05) is 6.07 Å². The van der Waals surface area contributed by atoms with Gasteiger partial charge in [0.05, 0.1) is 0 Å². The highest BCUT2D eigenvalue weighted by Crippen LogP contribution is 2.00. The van der Waals surface area contributed by atoms with E-state index in [0.717, 1.165) is 10.3 Å². The summed E-state index contributed by atoms with van der Waals surface area (Å²) in [6, 6.07) is 13.5. The minimum absolute atomic E-state index is 0.0263. The molecule has 0 unspecified atom stereocenters. The number of pyridine rings is 1. The predicted octanol–water partition coefficient (Wildman–Crippen LogP) is 0.576. The van der Waals surface area contributed by atoms with E-state index in [-0.39, 0.29) is 12.3 Å². The van der Waals surface area contributed by atoms with Crippen molar-refractivity contribution in [2.45, 2.75) is 6.61 Å². The highest BCUT2D eigenvalue weighted by atomic mass is 16.7. The van der Waals surface area contributed by atoms with Crippen LogP contribution in [0.4, 0.5) is 0 Å². The maximum atomic E-state index is 11.6. The van der Waals surface area contributed by atoms with Crippen molar-refractivity contribution in [3.63, 3.8) is 0 Å². The van der Waals surface area contributed by atoms with Gasteiger partial charge in [0.25, 0.3) is 11.5 Å². The van der Waals surface area contributed by atoms with Gasteiger partial charge in [-0.2, -0.15) is 0 Å². The molecule has 2 rings (SSSR count). The molecule has 0 saturated heterocycles. The monoisotopic (exact) mass is 244 g/mol. The lowest BCUT2D eigenvalue weighted by Gasteiger charge is -2.11. The van der Waals surface area contributed by atoms with Gasteiger partial charge < -0.3 is 10.6 Å². The molecule has 1 aromatic carbocycles. The maximum absolute atomic E-state index is 11.6. The van der Waals surface area contributed by atoms with Crippen molar-refractivity contribution in [2.75, 3.05) is 0 Å². The summed E-state index contributed by atoms with van der Waals surface area (Å²) < 4.78 is 0.912. The van der Waals surface area contributed by atoms with Crippen LogP contribution >= 0.6 is 0 Å². The standard InChI is InChI=1S/C13H12N2O3/c14-13(17)11-7-4-8-12(16)15(11)18-9-10-5-2-1-3-6-10/h1-8H,9H2,(H2,14,17). The number of benzene rings is 1. The quantitative estimate of drug-likeness (QED) is 0.854. The molecule has 1 amide bonds. The van der Waals surface area contributed by atoms with Gasteiger partial charge in [0.2, 0.25) is 0 Å². The molecular weight excluding hydrogens is 232 g/mol. The Hall–Kier alpha value is -2.56. The summed E-state index contributed by atoms with van der Waals surface area (Å²) in [7, 11) is 0. The Balaban J connectivity index is 2.24. The van der Waals surface area contributed by atoms with E-state index in [1.807, 2.05) is 30.3 Å². The smallest absolute Gasteiger partial charge is 0.283 e. The molecule has 0 spiro atoms. The minimum atomic E-state index is -0.708. The van der Waals surface area contributed by atoms with E-state index >= 15 is 0 Å². The largest absolute Gasteiger partial charge is 0.405 e. The Kier molecular flexibility index (Phi) is 3.43. The van der Waals surface area contributed by atoms with E-state index in [2.05, 4.69) is 0 Å². The third-order valence-electron chi connectivity index (χ3n) is 2.37. The molecule has 2 N–H and O–H groups in total. The second-order valence-corrected chi connectivity index (χ2v) is 3.67. The summed E-state index contributed by atoms with van der Waals surface area (Å²) in [5.41, 5.74) is 5.66. The van der Waals surface area contributed by atoms with Gasteiger partial charge in [0.15, 0.2) is 0 Å². The van der Waals surface area contributed by atoms with Gasteiger partial charge in [0.1, 0.15) is 12.3 Å². The molecular formula is C13H12N2O3. The Morgan fingerprint density at radius 1 is 1.11 bits per heavy atom. The van der Waals surface area contributed by atoms with Gasteiger partial charge in [-0.1, -0.05) is 36.4 Å². The van der Waals surface area contributed by atoms with Crippen molar-refractivity contribution in [3.8, 4) is 0 Å². The molecule has 0 radical (unpaired) electrons. The minimum Gasteiger partial charge on any atom is -0.405 e. The number of rotatable bonds is 4. The van der Waals surface area contributed by atoms with Crippen molar-refractivity contribution in [3.05, 3.63) is 70.1 Å². The number of primary amides is 1. The molecule has 0 aliphatic heterocycles. The zero-order valence-corrected chi connectivity index (χ0v) is 9.58. The zero-order chi connectivity index (χ0) is 13.0. The first-order valence-electron chi connectivity index (χ1n) is 5.37. The second kappa shape index (κ2) is 5.18. The van der Waals surface area contributed by atoms with Crippen LogP contribution in [-0.4, -0.2) is 10.6 Å². The molecule has 0 saturated carbocycles. The average Bonchev–Trinajstić information content (AvgIpc) is 2.38.